The van der Waals surface area contributed by atoms with Crippen LogP contribution in [0, 0.1) is 10.1 Å². The van der Waals surface area contributed by atoms with E-state index in [0.717, 1.165) is 17.7 Å². The van der Waals surface area contributed by atoms with Gasteiger partial charge in [0.15, 0.2) is 0 Å². The van der Waals surface area contributed by atoms with Crippen molar-refractivity contribution < 1.29 is 18.1 Å². The summed E-state index contributed by atoms with van der Waals surface area (Å²) < 4.78 is 40.4. The van der Waals surface area contributed by atoms with E-state index in [4.69, 9.17) is 11.6 Å². The Morgan fingerprint density at radius 3 is 2.48 bits per heavy atom. The molecule has 0 N–H and O–H groups in total. The zero-order valence-electron chi connectivity index (χ0n) is 14.8. The van der Waals surface area contributed by atoms with E-state index in [1.54, 1.807) is 53.8 Å². The van der Waals surface area contributed by atoms with Gasteiger partial charge in [0.25, 0.3) is 5.69 Å². The number of hydrogen-bond acceptors (Lipinski definition) is 5. The molecule has 150 valence electrons. The summed E-state index contributed by atoms with van der Waals surface area (Å²) in [5, 5.41) is 10.6. The molecular formula is C19H14ClF3N4O2. The van der Waals surface area contributed by atoms with Crippen molar-refractivity contribution in [2.45, 2.75) is 19.3 Å². The van der Waals surface area contributed by atoms with Crippen LogP contribution in [0.3, 0.4) is 0 Å². The Morgan fingerprint density at radius 1 is 1.10 bits per heavy atom. The molecule has 1 aromatic carbocycles. The average molecular weight is 423 g/mol. The summed E-state index contributed by atoms with van der Waals surface area (Å²) in [4.78, 5) is 19.8. The number of anilines is 1. The van der Waals surface area contributed by atoms with E-state index in [-0.39, 0.29) is 18.8 Å². The quantitative estimate of drug-likeness (QED) is 0.400. The van der Waals surface area contributed by atoms with Gasteiger partial charge in [0.05, 0.1) is 17.2 Å². The highest BCUT2D eigenvalue weighted by Gasteiger charge is 2.40. The monoisotopic (exact) mass is 422 g/mol. The van der Waals surface area contributed by atoms with Crippen LogP contribution in [0.15, 0.2) is 61.1 Å². The second-order valence-electron chi connectivity index (χ2n) is 6.12. The van der Waals surface area contributed by atoms with Crippen molar-refractivity contribution in [3.8, 4) is 0 Å². The lowest BCUT2D eigenvalue weighted by molar-refractivity contribution is -0.387. The van der Waals surface area contributed by atoms with Gasteiger partial charge >= 0.3 is 6.18 Å². The molecule has 0 aliphatic heterocycles. The molecule has 0 fully saturated rings. The first-order chi connectivity index (χ1) is 13.8. The number of benzene rings is 1. The summed E-state index contributed by atoms with van der Waals surface area (Å²) in [5.41, 5.74) is -1.13. The Balaban J connectivity index is 2.09. The first-order valence-electron chi connectivity index (χ1n) is 8.34. The van der Waals surface area contributed by atoms with Crippen molar-refractivity contribution in [3.05, 3.63) is 93.0 Å². The smallest absolute Gasteiger partial charge is 0.361 e. The second kappa shape index (κ2) is 8.44. The van der Waals surface area contributed by atoms with E-state index in [1.165, 1.54) is 0 Å². The maximum absolute atomic E-state index is 13.5. The molecule has 0 spiro atoms. The lowest BCUT2D eigenvalue weighted by Crippen LogP contribution is -2.23. The largest absolute Gasteiger partial charge is 0.423 e. The molecule has 2 heterocycles. The molecule has 0 saturated carbocycles. The lowest BCUT2D eigenvalue weighted by atomic mass is 10.1. The Hall–Kier alpha value is -3.20. The van der Waals surface area contributed by atoms with E-state index in [2.05, 4.69) is 9.97 Å². The van der Waals surface area contributed by atoms with Crippen molar-refractivity contribution in [3.63, 3.8) is 0 Å². The minimum absolute atomic E-state index is 0.0856. The minimum Gasteiger partial charge on any atom is -0.361 e. The third kappa shape index (κ3) is 5.00. The summed E-state index contributed by atoms with van der Waals surface area (Å²) in [7, 11) is 0. The third-order valence-corrected chi connectivity index (χ3v) is 4.36. The minimum atomic E-state index is -4.94. The number of hydrogen-bond donors (Lipinski definition) is 0. The van der Waals surface area contributed by atoms with E-state index in [0.29, 0.717) is 5.69 Å². The molecule has 2 aromatic heterocycles. The molecule has 10 heteroatoms. The standard InChI is InChI=1S/C19H14ClF3N4O2/c20-17-9-15(8-16(19(21,22)23)18(17)27(28)29)26(11-13-4-3-6-24-10-13)12-14-5-1-2-7-25-14/h1-10H,11-12H2. The third-order valence-electron chi connectivity index (χ3n) is 4.08. The SMILES string of the molecule is O=[N+]([O-])c1c(Cl)cc(N(Cc2cccnc2)Cc2ccccn2)cc1C(F)(F)F. The normalized spacial score (nSPS) is 11.3. The van der Waals surface area contributed by atoms with Gasteiger partial charge < -0.3 is 4.90 Å². The molecule has 0 aliphatic carbocycles. The molecule has 0 unspecified atom stereocenters. The Morgan fingerprint density at radius 2 is 1.90 bits per heavy atom. The molecule has 6 nitrogen and oxygen atoms in total. The molecule has 3 aromatic rings. The van der Waals surface area contributed by atoms with Crippen LogP contribution in [0.25, 0.3) is 0 Å². The number of aromatic nitrogens is 2. The first kappa shape index (κ1) is 20.5. The maximum Gasteiger partial charge on any atom is 0.423 e. The second-order valence-corrected chi connectivity index (χ2v) is 6.52. The van der Waals surface area contributed by atoms with Crippen LogP contribution in [0.2, 0.25) is 5.02 Å². The van der Waals surface area contributed by atoms with Gasteiger partial charge in [-0.05, 0) is 35.9 Å². The molecule has 29 heavy (non-hydrogen) atoms. The summed E-state index contributed by atoms with van der Waals surface area (Å²) in [6.07, 6.45) is -0.200. The highest BCUT2D eigenvalue weighted by Crippen LogP contribution is 2.43. The Labute approximate surface area is 168 Å². The van der Waals surface area contributed by atoms with Gasteiger partial charge in [-0.3, -0.25) is 20.1 Å². The number of alkyl halides is 3. The lowest BCUT2D eigenvalue weighted by Gasteiger charge is -2.26. The van der Waals surface area contributed by atoms with Crippen molar-refractivity contribution in [2.24, 2.45) is 0 Å². The summed E-state index contributed by atoms with van der Waals surface area (Å²) in [5.74, 6) is 0. The highest BCUT2D eigenvalue weighted by molar-refractivity contribution is 6.33. The first-order valence-corrected chi connectivity index (χ1v) is 8.72. The Kier molecular flexibility index (Phi) is 5.97. The molecule has 0 saturated heterocycles. The molecule has 0 atom stereocenters. The van der Waals surface area contributed by atoms with Gasteiger partial charge in [-0.1, -0.05) is 23.7 Å². The predicted molar refractivity (Wildman–Crippen MR) is 101 cm³/mol. The van der Waals surface area contributed by atoms with E-state index >= 15 is 0 Å². The molecule has 0 aliphatic rings. The topological polar surface area (TPSA) is 72.2 Å². The van der Waals surface area contributed by atoms with Crippen molar-refractivity contribution >= 4 is 23.0 Å². The van der Waals surface area contributed by atoms with E-state index in [9.17, 15) is 23.3 Å². The number of pyridine rings is 2. The van der Waals surface area contributed by atoms with Gasteiger partial charge in [0, 0.05) is 30.8 Å². The van der Waals surface area contributed by atoms with Crippen molar-refractivity contribution in [1.29, 1.82) is 0 Å². The number of rotatable bonds is 6. The van der Waals surface area contributed by atoms with Gasteiger partial charge in [-0.25, -0.2) is 0 Å². The average Bonchev–Trinajstić information content (AvgIpc) is 2.67. The summed E-state index contributed by atoms with van der Waals surface area (Å²) in [6, 6.07) is 10.6. The van der Waals surface area contributed by atoms with Crippen LogP contribution in [0.4, 0.5) is 24.5 Å². The zero-order valence-corrected chi connectivity index (χ0v) is 15.6. The number of nitro groups is 1. The van der Waals surface area contributed by atoms with Crippen molar-refractivity contribution in [2.75, 3.05) is 4.90 Å². The molecule has 0 amide bonds. The fraction of sp³-hybridized carbons (Fsp3) is 0.158. The van der Waals surface area contributed by atoms with Crippen LogP contribution in [-0.2, 0) is 19.3 Å². The number of nitrogens with zero attached hydrogens (tertiary/aromatic N) is 4. The molecule has 3 rings (SSSR count). The predicted octanol–water partition coefficient (Wildman–Crippen LogP) is 5.26. The van der Waals surface area contributed by atoms with Crippen LogP contribution in [-0.4, -0.2) is 14.9 Å². The fourth-order valence-corrected chi connectivity index (χ4v) is 3.09. The summed E-state index contributed by atoms with van der Waals surface area (Å²) >= 11 is 5.89. The van der Waals surface area contributed by atoms with E-state index < -0.39 is 27.4 Å². The number of nitro benzene ring substituents is 1. The highest BCUT2D eigenvalue weighted by atomic mass is 35.5. The molecular weight excluding hydrogens is 409 g/mol. The van der Waals surface area contributed by atoms with Gasteiger partial charge in [-0.2, -0.15) is 13.2 Å². The zero-order chi connectivity index (χ0) is 21.0. The van der Waals surface area contributed by atoms with Crippen LogP contribution in [0.1, 0.15) is 16.8 Å². The molecule has 0 bridgehead atoms. The maximum atomic E-state index is 13.5. The van der Waals surface area contributed by atoms with Gasteiger partial charge in [-0.15, -0.1) is 0 Å². The van der Waals surface area contributed by atoms with Crippen LogP contribution >= 0.6 is 11.6 Å². The van der Waals surface area contributed by atoms with Crippen LogP contribution in [0.5, 0.6) is 0 Å². The van der Waals surface area contributed by atoms with Gasteiger partial charge in [0.1, 0.15) is 10.6 Å². The van der Waals surface area contributed by atoms with E-state index in [1.807, 2.05) is 0 Å². The molecule has 0 radical (unpaired) electrons. The fourth-order valence-electron chi connectivity index (χ4n) is 2.81. The summed E-state index contributed by atoms with van der Waals surface area (Å²) in [6.45, 7) is 0.372. The van der Waals surface area contributed by atoms with Crippen molar-refractivity contribution in [1.82, 2.24) is 9.97 Å². The Bertz CT molecular complexity index is 960. The number of halogens is 4. The van der Waals surface area contributed by atoms with Gasteiger partial charge in [0.2, 0.25) is 0 Å². The van der Waals surface area contributed by atoms with Crippen LogP contribution < -0.4 is 4.90 Å².